The predicted octanol–water partition coefficient (Wildman–Crippen LogP) is 5.41. The van der Waals surface area contributed by atoms with Crippen LogP contribution in [0.25, 0.3) is 17.7 Å². The number of furan rings is 1. The number of allylic oxidation sites excluding steroid dienone is 1. The molecule has 0 radical (unpaired) electrons. The van der Waals surface area contributed by atoms with E-state index in [1.807, 2.05) is 17.6 Å². The van der Waals surface area contributed by atoms with Crippen molar-refractivity contribution in [1.29, 1.82) is 5.26 Å². The number of nitrogens with zero attached hydrogens (tertiary/aromatic N) is 5. The molecule has 2 aromatic heterocycles. The number of nitro groups is 1. The number of aromatic nitrogens is 3. The minimum Gasteiger partial charge on any atom is -0.461 e. The van der Waals surface area contributed by atoms with Crippen LogP contribution in [0.1, 0.15) is 22.8 Å². The highest BCUT2D eigenvalue weighted by molar-refractivity contribution is 7.99. The van der Waals surface area contributed by atoms with E-state index >= 15 is 0 Å². The summed E-state index contributed by atoms with van der Waals surface area (Å²) in [7, 11) is 0. The Morgan fingerprint density at radius 1 is 1.21 bits per heavy atom. The number of non-ortho nitro benzene ring substituents is 1. The zero-order valence-electron chi connectivity index (χ0n) is 17.9. The molecule has 0 atom stereocenters. The molecule has 0 unspecified atom stereocenters. The van der Waals surface area contributed by atoms with Gasteiger partial charge in [0.15, 0.2) is 16.7 Å². The standard InChI is InChI=1S/C24H17N5O4S/c1-2-28-23(20-9-6-12-33-20)26-27-24(28)34-21-11-10-19(29(31)32)14-17(21)13-18(15-25)22(30)16-7-4-3-5-8-16/h3-14H,2H2,1H3/b18-13-. The van der Waals surface area contributed by atoms with E-state index in [0.29, 0.717) is 39.3 Å². The van der Waals surface area contributed by atoms with Crippen LogP contribution in [0, 0.1) is 21.4 Å². The molecule has 0 bridgehead atoms. The van der Waals surface area contributed by atoms with E-state index in [4.69, 9.17) is 4.42 Å². The van der Waals surface area contributed by atoms with Crippen LogP contribution in [0.5, 0.6) is 0 Å². The molecule has 0 N–H and O–H groups in total. The quantitative estimate of drug-likeness (QED) is 0.110. The van der Waals surface area contributed by atoms with Gasteiger partial charge in [-0.15, -0.1) is 10.2 Å². The maximum absolute atomic E-state index is 12.8. The van der Waals surface area contributed by atoms with Crippen molar-refractivity contribution in [3.05, 3.63) is 93.7 Å². The number of rotatable bonds is 8. The first kappa shape index (κ1) is 22.7. The minimum absolute atomic E-state index is 0.137. The minimum atomic E-state index is -0.527. The molecule has 0 amide bonds. The second-order valence-corrected chi connectivity index (χ2v) is 7.98. The van der Waals surface area contributed by atoms with Crippen LogP contribution in [0.4, 0.5) is 5.69 Å². The van der Waals surface area contributed by atoms with Gasteiger partial charge in [-0.3, -0.25) is 19.5 Å². The molecule has 2 aromatic carbocycles. The second kappa shape index (κ2) is 9.97. The molecule has 0 aliphatic heterocycles. The summed E-state index contributed by atoms with van der Waals surface area (Å²) >= 11 is 1.22. The number of Topliss-reactive ketones (excluding diaryl/α,β-unsaturated/α-hetero) is 1. The van der Waals surface area contributed by atoms with Gasteiger partial charge in [-0.25, -0.2) is 0 Å². The first-order valence-electron chi connectivity index (χ1n) is 10.2. The summed E-state index contributed by atoms with van der Waals surface area (Å²) in [5.41, 5.74) is 0.407. The van der Waals surface area contributed by atoms with E-state index in [-0.39, 0.29) is 11.3 Å². The predicted molar refractivity (Wildman–Crippen MR) is 125 cm³/mol. The molecule has 10 heteroatoms. The van der Waals surface area contributed by atoms with Crippen LogP contribution in [-0.2, 0) is 6.54 Å². The summed E-state index contributed by atoms with van der Waals surface area (Å²) in [4.78, 5) is 24.3. The van der Waals surface area contributed by atoms with Crippen LogP contribution in [-0.4, -0.2) is 25.5 Å². The van der Waals surface area contributed by atoms with Gasteiger partial charge in [0.1, 0.15) is 11.6 Å². The SMILES string of the molecule is CCn1c(Sc2ccc([N+](=O)[O-])cc2/C=C(/C#N)C(=O)c2ccccc2)nnc1-c1ccco1. The molecule has 0 saturated carbocycles. The van der Waals surface area contributed by atoms with Crippen LogP contribution in [0.15, 0.2) is 87.0 Å². The Bertz CT molecular complexity index is 1420. The van der Waals surface area contributed by atoms with Crippen LogP contribution in [0.2, 0.25) is 0 Å². The second-order valence-electron chi connectivity index (χ2n) is 6.97. The Morgan fingerprint density at radius 3 is 2.65 bits per heavy atom. The van der Waals surface area contributed by atoms with Gasteiger partial charge in [0.05, 0.1) is 11.2 Å². The number of nitriles is 1. The molecule has 0 fully saturated rings. The van der Waals surface area contributed by atoms with E-state index in [1.165, 1.54) is 30.0 Å². The number of hydrogen-bond acceptors (Lipinski definition) is 8. The molecule has 0 spiro atoms. The topological polar surface area (TPSA) is 128 Å². The van der Waals surface area contributed by atoms with Crippen molar-refractivity contribution in [1.82, 2.24) is 14.8 Å². The number of hydrogen-bond donors (Lipinski definition) is 0. The van der Waals surface area contributed by atoms with E-state index < -0.39 is 10.7 Å². The molecule has 2 heterocycles. The lowest BCUT2D eigenvalue weighted by Gasteiger charge is -2.09. The monoisotopic (exact) mass is 471 g/mol. The van der Waals surface area contributed by atoms with Crippen molar-refractivity contribution >= 4 is 29.3 Å². The highest BCUT2D eigenvalue weighted by Gasteiger charge is 2.19. The van der Waals surface area contributed by atoms with Gasteiger partial charge in [0.25, 0.3) is 5.69 Å². The van der Waals surface area contributed by atoms with Crippen molar-refractivity contribution in [2.45, 2.75) is 23.5 Å². The van der Waals surface area contributed by atoms with Crippen LogP contribution < -0.4 is 0 Å². The summed E-state index contributed by atoms with van der Waals surface area (Å²) in [6.45, 7) is 2.49. The molecular weight excluding hydrogens is 454 g/mol. The fraction of sp³-hybridized carbons (Fsp3) is 0.0833. The van der Waals surface area contributed by atoms with Crippen molar-refractivity contribution in [2.75, 3.05) is 0 Å². The fourth-order valence-electron chi connectivity index (χ4n) is 3.24. The Morgan fingerprint density at radius 2 is 2.00 bits per heavy atom. The van der Waals surface area contributed by atoms with Gasteiger partial charge >= 0.3 is 0 Å². The molecule has 0 aliphatic rings. The lowest BCUT2D eigenvalue weighted by Crippen LogP contribution is -2.02. The van der Waals surface area contributed by atoms with Gasteiger partial charge in [0.2, 0.25) is 5.78 Å². The van der Waals surface area contributed by atoms with Crippen molar-refractivity contribution in [3.63, 3.8) is 0 Å². The maximum atomic E-state index is 12.8. The van der Waals surface area contributed by atoms with Crippen molar-refractivity contribution in [2.24, 2.45) is 0 Å². The van der Waals surface area contributed by atoms with Crippen LogP contribution >= 0.6 is 11.8 Å². The molecule has 34 heavy (non-hydrogen) atoms. The molecule has 0 saturated heterocycles. The van der Waals surface area contributed by atoms with E-state index in [1.54, 1.807) is 54.8 Å². The summed E-state index contributed by atoms with van der Waals surface area (Å²) < 4.78 is 7.28. The summed E-state index contributed by atoms with van der Waals surface area (Å²) in [6, 6.07) is 18.1. The summed E-state index contributed by atoms with van der Waals surface area (Å²) in [5, 5.41) is 30.0. The third-order valence-electron chi connectivity index (χ3n) is 4.88. The average molecular weight is 471 g/mol. The highest BCUT2D eigenvalue weighted by Crippen LogP contribution is 2.35. The van der Waals surface area contributed by atoms with E-state index in [0.717, 1.165) is 0 Å². The van der Waals surface area contributed by atoms with Gasteiger partial charge in [-0.2, -0.15) is 5.26 Å². The molecule has 4 aromatic rings. The largest absolute Gasteiger partial charge is 0.461 e. The lowest BCUT2D eigenvalue weighted by atomic mass is 10.0. The smallest absolute Gasteiger partial charge is 0.270 e. The van der Waals surface area contributed by atoms with E-state index in [2.05, 4.69) is 10.2 Å². The third kappa shape index (κ3) is 4.65. The van der Waals surface area contributed by atoms with Gasteiger partial charge in [-0.05, 0) is 48.5 Å². The first-order valence-corrected chi connectivity index (χ1v) is 11.0. The zero-order valence-corrected chi connectivity index (χ0v) is 18.7. The molecule has 168 valence electrons. The third-order valence-corrected chi connectivity index (χ3v) is 5.96. The number of carbonyl (C=O) groups excluding carboxylic acids is 1. The zero-order chi connectivity index (χ0) is 24.1. The Kier molecular flexibility index (Phi) is 6.66. The molecule has 0 aliphatic carbocycles. The highest BCUT2D eigenvalue weighted by atomic mass is 32.2. The van der Waals surface area contributed by atoms with E-state index in [9.17, 15) is 20.2 Å². The Balaban J connectivity index is 1.76. The number of nitro benzene ring substituents is 1. The summed E-state index contributed by atoms with van der Waals surface area (Å²) in [5.74, 6) is 0.638. The number of benzene rings is 2. The number of ketones is 1. The molecular formula is C24H17N5O4S. The first-order chi connectivity index (χ1) is 16.5. The van der Waals surface area contributed by atoms with Crippen molar-refractivity contribution in [3.8, 4) is 17.7 Å². The fourth-order valence-corrected chi connectivity index (χ4v) is 4.22. The molecule has 9 nitrogen and oxygen atoms in total. The van der Waals surface area contributed by atoms with Gasteiger partial charge < -0.3 is 4.42 Å². The van der Waals surface area contributed by atoms with Crippen molar-refractivity contribution < 1.29 is 14.1 Å². The average Bonchev–Trinajstić information content (AvgIpc) is 3.53. The normalized spacial score (nSPS) is 11.2. The maximum Gasteiger partial charge on any atom is 0.270 e. The molecule has 4 rings (SSSR count). The van der Waals surface area contributed by atoms with Crippen LogP contribution in [0.3, 0.4) is 0 Å². The number of carbonyl (C=O) groups is 1. The van der Waals surface area contributed by atoms with Gasteiger partial charge in [-0.1, -0.05) is 30.3 Å². The van der Waals surface area contributed by atoms with Gasteiger partial charge in [0, 0.05) is 29.1 Å². The Labute approximate surface area is 198 Å². The lowest BCUT2D eigenvalue weighted by molar-refractivity contribution is -0.384. The Hall–Kier alpha value is -4.49. The summed E-state index contributed by atoms with van der Waals surface area (Å²) in [6.07, 6.45) is 2.91.